The van der Waals surface area contributed by atoms with Gasteiger partial charge in [-0.1, -0.05) is 0 Å². The van der Waals surface area contributed by atoms with Crippen molar-refractivity contribution in [1.82, 2.24) is 30.2 Å². The molecule has 7 nitrogen and oxygen atoms in total. The molecule has 0 aromatic carbocycles. The molecular weight excluding hydrogens is 262 g/mol. The average molecular weight is 270 g/mol. The first-order valence-electron chi connectivity index (χ1n) is 4.26. The SMILES string of the molecule is Brc1cncnc1NCCn1ncnn1. The first-order chi connectivity index (χ1) is 7.36. The molecule has 0 spiro atoms. The van der Waals surface area contributed by atoms with Crippen molar-refractivity contribution in [2.45, 2.75) is 6.54 Å². The van der Waals surface area contributed by atoms with Gasteiger partial charge in [-0.2, -0.15) is 4.80 Å². The van der Waals surface area contributed by atoms with Crippen LogP contribution in [-0.4, -0.2) is 36.7 Å². The van der Waals surface area contributed by atoms with Crippen LogP contribution in [0.3, 0.4) is 0 Å². The normalized spacial score (nSPS) is 10.2. The van der Waals surface area contributed by atoms with Gasteiger partial charge in [-0.15, -0.1) is 10.2 Å². The van der Waals surface area contributed by atoms with Crippen molar-refractivity contribution < 1.29 is 0 Å². The first-order valence-corrected chi connectivity index (χ1v) is 5.06. The highest BCUT2D eigenvalue weighted by Crippen LogP contribution is 2.16. The van der Waals surface area contributed by atoms with E-state index in [0.29, 0.717) is 13.1 Å². The Morgan fingerprint density at radius 3 is 3.07 bits per heavy atom. The lowest BCUT2D eigenvalue weighted by atomic mass is 10.5. The highest BCUT2D eigenvalue weighted by molar-refractivity contribution is 9.10. The molecule has 8 heteroatoms. The molecule has 2 heterocycles. The van der Waals surface area contributed by atoms with E-state index in [1.54, 1.807) is 6.20 Å². The Bertz CT molecular complexity index is 415. The number of rotatable bonds is 4. The van der Waals surface area contributed by atoms with Gasteiger partial charge in [-0.05, 0) is 21.1 Å². The summed E-state index contributed by atoms with van der Waals surface area (Å²) < 4.78 is 0.830. The summed E-state index contributed by atoms with van der Waals surface area (Å²) in [5.41, 5.74) is 0. The van der Waals surface area contributed by atoms with Crippen molar-refractivity contribution in [1.29, 1.82) is 0 Å². The third-order valence-corrected chi connectivity index (χ3v) is 2.24. The van der Waals surface area contributed by atoms with E-state index in [9.17, 15) is 0 Å². The predicted molar refractivity (Wildman–Crippen MR) is 56.0 cm³/mol. The summed E-state index contributed by atoms with van der Waals surface area (Å²) in [6.07, 6.45) is 4.57. The molecule has 78 valence electrons. The van der Waals surface area contributed by atoms with Crippen molar-refractivity contribution in [2.75, 3.05) is 11.9 Å². The molecule has 2 aromatic heterocycles. The number of aromatic nitrogens is 6. The largest absolute Gasteiger partial charge is 0.367 e. The van der Waals surface area contributed by atoms with Crippen molar-refractivity contribution in [3.8, 4) is 0 Å². The molecule has 0 amide bonds. The van der Waals surface area contributed by atoms with Gasteiger partial charge in [0.1, 0.15) is 12.1 Å². The molecule has 0 fully saturated rings. The molecule has 0 aliphatic carbocycles. The molecular formula is C7H8BrN7. The Morgan fingerprint density at radius 2 is 2.33 bits per heavy atom. The Kier molecular flexibility index (Phi) is 3.18. The molecule has 0 radical (unpaired) electrons. The van der Waals surface area contributed by atoms with Crippen molar-refractivity contribution in [2.24, 2.45) is 0 Å². The lowest BCUT2D eigenvalue weighted by Gasteiger charge is -2.05. The highest BCUT2D eigenvalue weighted by Gasteiger charge is 1.99. The molecule has 0 bridgehead atoms. The maximum absolute atomic E-state index is 4.06. The summed E-state index contributed by atoms with van der Waals surface area (Å²) in [6.45, 7) is 1.31. The number of anilines is 1. The second-order valence-corrected chi connectivity index (χ2v) is 3.53. The van der Waals surface area contributed by atoms with E-state index in [0.717, 1.165) is 10.3 Å². The Balaban J connectivity index is 1.86. The van der Waals surface area contributed by atoms with Crippen LogP contribution in [0.15, 0.2) is 23.3 Å². The number of hydrogen-bond acceptors (Lipinski definition) is 6. The number of nitrogens with one attached hydrogen (secondary N) is 1. The topological polar surface area (TPSA) is 81.4 Å². The monoisotopic (exact) mass is 269 g/mol. The Labute approximate surface area is 94.1 Å². The summed E-state index contributed by atoms with van der Waals surface area (Å²) in [4.78, 5) is 9.43. The Morgan fingerprint density at radius 1 is 1.40 bits per heavy atom. The van der Waals surface area contributed by atoms with Crippen LogP contribution in [0.25, 0.3) is 0 Å². The number of tetrazole rings is 1. The van der Waals surface area contributed by atoms with Gasteiger partial charge >= 0.3 is 0 Å². The number of halogens is 1. The maximum Gasteiger partial charge on any atom is 0.162 e. The minimum absolute atomic E-state index is 0.635. The van der Waals surface area contributed by atoms with Crippen LogP contribution in [0.2, 0.25) is 0 Å². The molecule has 2 rings (SSSR count). The van der Waals surface area contributed by atoms with E-state index in [4.69, 9.17) is 0 Å². The fourth-order valence-corrected chi connectivity index (χ4v) is 1.37. The fourth-order valence-electron chi connectivity index (χ4n) is 1.01. The minimum Gasteiger partial charge on any atom is -0.367 e. The van der Waals surface area contributed by atoms with E-state index in [1.807, 2.05) is 0 Å². The van der Waals surface area contributed by atoms with Gasteiger partial charge in [-0.3, -0.25) is 0 Å². The predicted octanol–water partition coefficient (Wildman–Crippen LogP) is 0.338. The summed E-state index contributed by atoms with van der Waals surface area (Å²) in [6, 6.07) is 0. The van der Waals surface area contributed by atoms with E-state index < -0.39 is 0 Å². The van der Waals surface area contributed by atoms with E-state index in [1.165, 1.54) is 17.5 Å². The zero-order chi connectivity index (χ0) is 10.5. The smallest absolute Gasteiger partial charge is 0.162 e. The van der Waals surface area contributed by atoms with Crippen LogP contribution in [0, 0.1) is 0 Å². The zero-order valence-electron chi connectivity index (χ0n) is 7.71. The van der Waals surface area contributed by atoms with E-state index in [-0.39, 0.29) is 0 Å². The van der Waals surface area contributed by atoms with Gasteiger partial charge in [0.25, 0.3) is 0 Å². The van der Waals surface area contributed by atoms with Crippen molar-refractivity contribution in [3.63, 3.8) is 0 Å². The molecule has 15 heavy (non-hydrogen) atoms. The van der Waals surface area contributed by atoms with Crippen LogP contribution in [0.4, 0.5) is 5.82 Å². The maximum atomic E-state index is 4.06. The minimum atomic E-state index is 0.635. The second kappa shape index (κ2) is 4.78. The molecule has 2 aromatic rings. The number of hydrogen-bond donors (Lipinski definition) is 1. The van der Waals surface area contributed by atoms with Crippen molar-refractivity contribution >= 4 is 21.7 Å². The van der Waals surface area contributed by atoms with E-state index in [2.05, 4.69) is 46.6 Å². The van der Waals surface area contributed by atoms with Crippen LogP contribution in [0.5, 0.6) is 0 Å². The van der Waals surface area contributed by atoms with Gasteiger partial charge in [0.05, 0.1) is 11.0 Å². The van der Waals surface area contributed by atoms with Crippen LogP contribution in [-0.2, 0) is 6.54 Å². The molecule has 0 saturated heterocycles. The molecule has 0 unspecified atom stereocenters. The molecule has 0 aliphatic heterocycles. The molecule has 0 saturated carbocycles. The Hall–Kier alpha value is -1.57. The third kappa shape index (κ3) is 2.69. The quantitative estimate of drug-likeness (QED) is 0.862. The first kappa shape index (κ1) is 9.97. The summed E-state index contributed by atoms with van der Waals surface area (Å²) in [7, 11) is 0. The van der Waals surface area contributed by atoms with Crippen molar-refractivity contribution in [3.05, 3.63) is 23.3 Å². The van der Waals surface area contributed by atoms with E-state index >= 15 is 0 Å². The third-order valence-electron chi connectivity index (χ3n) is 1.66. The summed E-state index contributed by atoms with van der Waals surface area (Å²) in [5.74, 6) is 0.755. The second-order valence-electron chi connectivity index (χ2n) is 2.68. The molecule has 0 aliphatic rings. The number of nitrogens with zero attached hydrogens (tertiary/aromatic N) is 6. The standard InChI is InChI=1S/C7H8BrN7/c8-6-3-9-4-11-7(6)10-1-2-15-13-5-12-14-15/h3-5H,1-2H2,(H,9,10,11). The van der Waals surface area contributed by atoms with Gasteiger partial charge in [0.15, 0.2) is 6.33 Å². The lowest BCUT2D eigenvalue weighted by molar-refractivity contribution is 0.538. The van der Waals surface area contributed by atoms with Gasteiger partial charge in [-0.25, -0.2) is 9.97 Å². The summed E-state index contributed by atoms with van der Waals surface area (Å²) >= 11 is 3.34. The highest BCUT2D eigenvalue weighted by atomic mass is 79.9. The van der Waals surface area contributed by atoms with Gasteiger partial charge in [0, 0.05) is 12.7 Å². The lowest BCUT2D eigenvalue weighted by Crippen LogP contribution is -2.13. The van der Waals surface area contributed by atoms with Crippen LogP contribution in [0.1, 0.15) is 0 Å². The average Bonchev–Trinajstić information content (AvgIpc) is 2.74. The van der Waals surface area contributed by atoms with Crippen LogP contribution < -0.4 is 5.32 Å². The van der Waals surface area contributed by atoms with Gasteiger partial charge in [0.2, 0.25) is 0 Å². The zero-order valence-corrected chi connectivity index (χ0v) is 9.29. The van der Waals surface area contributed by atoms with Gasteiger partial charge < -0.3 is 5.32 Å². The summed E-state index contributed by atoms with van der Waals surface area (Å²) in [5, 5.41) is 14.3. The molecule has 0 atom stereocenters. The molecule has 1 N–H and O–H groups in total. The van der Waals surface area contributed by atoms with Crippen LogP contribution >= 0.6 is 15.9 Å². The fraction of sp³-hybridized carbons (Fsp3) is 0.286.